The summed E-state index contributed by atoms with van der Waals surface area (Å²) in [4.78, 5) is 15.1. The first-order chi connectivity index (χ1) is 7.66. The van der Waals surface area contributed by atoms with Crippen molar-refractivity contribution in [2.24, 2.45) is 0 Å². The van der Waals surface area contributed by atoms with Crippen molar-refractivity contribution in [2.45, 2.75) is 38.7 Å². The molecule has 0 aromatic carbocycles. The second-order valence-corrected chi connectivity index (χ2v) is 4.13. The van der Waals surface area contributed by atoms with Crippen molar-refractivity contribution in [1.82, 2.24) is 4.98 Å². The van der Waals surface area contributed by atoms with Crippen LogP contribution in [0.3, 0.4) is 0 Å². The predicted molar refractivity (Wildman–Crippen MR) is 58.8 cm³/mol. The van der Waals surface area contributed by atoms with Gasteiger partial charge in [-0.25, -0.2) is 9.78 Å². The van der Waals surface area contributed by atoms with Gasteiger partial charge >= 0.3 is 5.97 Å². The molecule has 0 atom stereocenters. The summed E-state index contributed by atoms with van der Waals surface area (Å²) in [6.07, 6.45) is 4.42. The second-order valence-electron chi connectivity index (χ2n) is 4.13. The first-order valence-electron chi connectivity index (χ1n) is 5.54. The predicted octanol–water partition coefficient (Wildman–Crippen LogP) is 2.41. The molecule has 2 rings (SSSR count). The number of nitrogens with zero attached hydrogens (tertiary/aromatic N) is 1. The fourth-order valence-corrected chi connectivity index (χ4v) is 1.95. The maximum absolute atomic E-state index is 11.0. The number of carboxylic acids is 1. The summed E-state index contributed by atoms with van der Waals surface area (Å²) in [6, 6.07) is 3.24. The van der Waals surface area contributed by atoms with Crippen molar-refractivity contribution < 1.29 is 14.6 Å². The SMILES string of the molecule is Cc1ccc(C(=O)O)c(OC2CCCC2)n1. The van der Waals surface area contributed by atoms with Gasteiger partial charge in [0.25, 0.3) is 0 Å². The summed E-state index contributed by atoms with van der Waals surface area (Å²) >= 11 is 0. The monoisotopic (exact) mass is 221 g/mol. The molecular formula is C12H15NO3. The lowest BCUT2D eigenvalue weighted by molar-refractivity contribution is 0.0687. The molecule has 1 fully saturated rings. The Morgan fingerprint density at radius 2 is 2.12 bits per heavy atom. The smallest absolute Gasteiger partial charge is 0.341 e. The van der Waals surface area contributed by atoms with Gasteiger partial charge in [-0.2, -0.15) is 0 Å². The number of hydrogen-bond acceptors (Lipinski definition) is 3. The molecule has 1 aromatic rings. The Morgan fingerprint density at radius 3 is 2.75 bits per heavy atom. The number of carboxylic acid groups (broad SMARTS) is 1. The third-order valence-electron chi connectivity index (χ3n) is 2.81. The van der Waals surface area contributed by atoms with Crippen LogP contribution in [0.2, 0.25) is 0 Å². The van der Waals surface area contributed by atoms with Gasteiger partial charge in [-0.1, -0.05) is 0 Å². The van der Waals surface area contributed by atoms with Gasteiger partial charge in [-0.3, -0.25) is 0 Å². The Balaban J connectivity index is 2.22. The molecule has 0 spiro atoms. The van der Waals surface area contributed by atoms with Crippen LogP contribution in [-0.2, 0) is 0 Å². The highest BCUT2D eigenvalue weighted by molar-refractivity contribution is 5.90. The molecule has 1 heterocycles. The van der Waals surface area contributed by atoms with E-state index in [1.54, 1.807) is 12.1 Å². The zero-order valence-corrected chi connectivity index (χ0v) is 9.27. The molecule has 16 heavy (non-hydrogen) atoms. The fourth-order valence-electron chi connectivity index (χ4n) is 1.95. The number of carbonyl (C=O) groups is 1. The van der Waals surface area contributed by atoms with Gasteiger partial charge < -0.3 is 9.84 Å². The molecule has 0 aliphatic heterocycles. The molecule has 0 unspecified atom stereocenters. The first-order valence-corrected chi connectivity index (χ1v) is 5.54. The molecular weight excluding hydrogens is 206 g/mol. The van der Waals surface area contributed by atoms with Crippen LogP contribution in [0.5, 0.6) is 5.88 Å². The normalized spacial score (nSPS) is 16.3. The Bertz CT molecular complexity index is 397. The summed E-state index contributed by atoms with van der Waals surface area (Å²) in [7, 11) is 0. The van der Waals surface area contributed by atoms with Crippen LogP contribution >= 0.6 is 0 Å². The number of rotatable bonds is 3. The van der Waals surface area contributed by atoms with Crippen LogP contribution in [-0.4, -0.2) is 22.2 Å². The zero-order valence-electron chi connectivity index (χ0n) is 9.27. The Labute approximate surface area is 94.3 Å². The van der Waals surface area contributed by atoms with E-state index in [1.165, 1.54) is 0 Å². The van der Waals surface area contributed by atoms with E-state index in [0.29, 0.717) is 0 Å². The third kappa shape index (κ3) is 2.32. The molecule has 4 nitrogen and oxygen atoms in total. The maximum Gasteiger partial charge on any atom is 0.341 e. The average Bonchev–Trinajstić information content (AvgIpc) is 2.70. The lowest BCUT2D eigenvalue weighted by Gasteiger charge is -2.14. The Morgan fingerprint density at radius 1 is 1.44 bits per heavy atom. The third-order valence-corrected chi connectivity index (χ3v) is 2.81. The number of aryl methyl sites for hydroxylation is 1. The highest BCUT2D eigenvalue weighted by Gasteiger charge is 2.20. The Hall–Kier alpha value is -1.58. The van der Waals surface area contributed by atoms with Gasteiger partial charge in [0, 0.05) is 5.69 Å². The molecule has 86 valence electrons. The molecule has 0 amide bonds. The van der Waals surface area contributed by atoms with Crippen molar-refractivity contribution in [3.05, 3.63) is 23.4 Å². The average molecular weight is 221 g/mol. The van der Waals surface area contributed by atoms with Crippen LogP contribution in [0.1, 0.15) is 41.7 Å². The Kier molecular flexibility index (Phi) is 3.08. The number of pyridine rings is 1. The van der Waals surface area contributed by atoms with Crippen molar-refractivity contribution >= 4 is 5.97 Å². The van der Waals surface area contributed by atoms with Crippen LogP contribution in [0, 0.1) is 6.92 Å². The summed E-state index contributed by atoms with van der Waals surface area (Å²) in [5, 5.41) is 9.01. The second kappa shape index (κ2) is 4.51. The van der Waals surface area contributed by atoms with E-state index in [2.05, 4.69) is 4.98 Å². The van der Waals surface area contributed by atoms with Gasteiger partial charge in [0.1, 0.15) is 11.7 Å². The molecule has 1 N–H and O–H groups in total. The van der Waals surface area contributed by atoms with Crippen molar-refractivity contribution in [3.63, 3.8) is 0 Å². The van der Waals surface area contributed by atoms with Crippen molar-refractivity contribution in [2.75, 3.05) is 0 Å². The van der Waals surface area contributed by atoms with E-state index in [0.717, 1.165) is 31.4 Å². The maximum atomic E-state index is 11.0. The van der Waals surface area contributed by atoms with Gasteiger partial charge in [-0.15, -0.1) is 0 Å². The molecule has 0 radical (unpaired) electrons. The van der Waals surface area contributed by atoms with Crippen LogP contribution in [0.4, 0.5) is 0 Å². The summed E-state index contributed by atoms with van der Waals surface area (Å²) in [6.45, 7) is 1.83. The topological polar surface area (TPSA) is 59.4 Å². The lowest BCUT2D eigenvalue weighted by Crippen LogP contribution is -2.15. The molecule has 1 saturated carbocycles. The number of ether oxygens (including phenoxy) is 1. The minimum Gasteiger partial charge on any atom is -0.477 e. The van der Waals surface area contributed by atoms with Crippen LogP contribution < -0.4 is 4.74 Å². The summed E-state index contributed by atoms with van der Waals surface area (Å²) in [5.41, 5.74) is 0.926. The molecule has 1 aromatic heterocycles. The highest BCUT2D eigenvalue weighted by Crippen LogP contribution is 2.25. The molecule has 1 aliphatic rings. The van der Waals surface area contributed by atoms with Gasteiger partial charge in [0.2, 0.25) is 5.88 Å². The summed E-state index contributed by atoms with van der Waals surface area (Å²) < 4.78 is 5.66. The van der Waals surface area contributed by atoms with Gasteiger partial charge in [0.15, 0.2) is 0 Å². The fraction of sp³-hybridized carbons (Fsp3) is 0.500. The van der Waals surface area contributed by atoms with Crippen LogP contribution in [0.15, 0.2) is 12.1 Å². The van der Waals surface area contributed by atoms with E-state index < -0.39 is 5.97 Å². The molecule has 0 bridgehead atoms. The minimum atomic E-state index is -0.986. The van der Waals surface area contributed by atoms with E-state index in [9.17, 15) is 4.79 Å². The number of hydrogen-bond donors (Lipinski definition) is 1. The summed E-state index contributed by atoms with van der Waals surface area (Å²) in [5.74, 6) is -0.722. The zero-order chi connectivity index (χ0) is 11.5. The largest absolute Gasteiger partial charge is 0.477 e. The molecule has 0 saturated heterocycles. The number of aromatic carboxylic acids is 1. The number of aromatic nitrogens is 1. The molecule has 4 heteroatoms. The lowest BCUT2D eigenvalue weighted by atomic mass is 10.2. The quantitative estimate of drug-likeness (QED) is 0.851. The van der Waals surface area contributed by atoms with E-state index >= 15 is 0 Å². The van der Waals surface area contributed by atoms with Crippen LogP contribution in [0.25, 0.3) is 0 Å². The standard InChI is InChI=1S/C12H15NO3/c1-8-6-7-10(12(14)15)11(13-8)16-9-4-2-3-5-9/h6-7,9H,2-5H2,1H3,(H,14,15). The van der Waals surface area contributed by atoms with Crippen molar-refractivity contribution in [1.29, 1.82) is 0 Å². The van der Waals surface area contributed by atoms with Crippen molar-refractivity contribution in [3.8, 4) is 5.88 Å². The first kappa shape index (κ1) is 10.9. The minimum absolute atomic E-state index is 0.132. The van der Waals surface area contributed by atoms with E-state index in [4.69, 9.17) is 9.84 Å². The van der Waals surface area contributed by atoms with E-state index in [-0.39, 0.29) is 17.5 Å². The molecule has 1 aliphatic carbocycles. The van der Waals surface area contributed by atoms with Gasteiger partial charge in [-0.05, 0) is 44.7 Å². The van der Waals surface area contributed by atoms with Gasteiger partial charge in [0.05, 0.1) is 0 Å². The van der Waals surface area contributed by atoms with E-state index in [1.807, 2.05) is 6.92 Å². The highest BCUT2D eigenvalue weighted by atomic mass is 16.5.